The summed E-state index contributed by atoms with van der Waals surface area (Å²) in [5.41, 5.74) is 2.22. The van der Waals surface area contributed by atoms with Crippen LogP contribution in [0.3, 0.4) is 0 Å². The summed E-state index contributed by atoms with van der Waals surface area (Å²) in [6, 6.07) is 11.2. The standard InChI is InChI=1S/C15H11BrCl2N2O/c1-21-13-6-9(2-3-10(13)7-19)8-20-12-5-4-11(16)14(17)15(12)18/h2-6,20H,8H2,1H3. The first kappa shape index (κ1) is 16.0. The van der Waals surface area contributed by atoms with Gasteiger partial charge < -0.3 is 10.1 Å². The molecule has 108 valence electrons. The molecule has 0 fully saturated rings. The number of ether oxygens (including phenoxy) is 1. The van der Waals surface area contributed by atoms with Crippen LogP contribution in [0.4, 0.5) is 5.69 Å². The molecular weight excluding hydrogens is 375 g/mol. The third-order valence-corrected chi connectivity index (χ3v) is 4.68. The SMILES string of the molecule is COc1cc(CNc2ccc(Br)c(Cl)c2Cl)ccc1C#N. The van der Waals surface area contributed by atoms with Gasteiger partial charge in [-0.1, -0.05) is 29.3 Å². The van der Waals surface area contributed by atoms with Crippen molar-refractivity contribution >= 4 is 44.8 Å². The average molecular weight is 386 g/mol. The van der Waals surface area contributed by atoms with E-state index in [1.165, 1.54) is 0 Å². The largest absolute Gasteiger partial charge is 0.495 e. The van der Waals surface area contributed by atoms with E-state index >= 15 is 0 Å². The number of hydrogen-bond acceptors (Lipinski definition) is 3. The first-order valence-corrected chi connectivity index (χ1v) is 7.56. The molecule has 0 spiro atoms. The maximum absolute atomic E-state index is 8.96. The molecule has 0 unspecified atom stereocenters. The van der Waals surface area contributed by atoms with Gasteiger partial charge in [0, 0.05) is 11.0 Å². The van der Waals surface area contributed by atoms with Gasteiger partial charge in [-0.05, 0) is 45.8 Å². The Hall–Kier alpha value is -1.41. The van der Waals surface area contributed by atoms with Crippen LogP contribution in [0.25, 0.3) is 0 Å². The Morgan fingerprint density at radius 3 is 2.67 bits per heavy atom. The second-order valence-corrected chi connectivity index (χ2v) is 5.83. The summed E-state index contributed by atoms with van der Waals surface area (Å²) >= 11 is 15.6. The number of methoxy groups -OCH3 is 1. The summed E-state index contributed by atoms with van der Waals surface area (Å²) in [5, 5.41) is 13.1. The highest BCUT2D eigenvalue weighted by Gasteiger charge is 2.09. The highest BCUT2D eigenvalue weighted by Crippen LogP contribution is 2.36. The summed E-state index contributed by atoms with van der Waals surface area (Å²) in [5.74, 6) is 0.553. The molecule has 0 aliphatic rings. The molecule has 3 nitrogen and oxygen atoms in total. The molecule has 0 aromatic heterocycles. The van der Waals surface area contributed by atoms with Crippen molar-refractivity contribution in [1.29, 1.82) is 5.26 Å². The Kier molecular flexibility index (Phi) is 5.35. The van der Waals surface area contributed by atoms with Crippen LogP contribution in [0, 0.1) is 11.3 Å². The van der Waals surface area contributed by atoms with Gasteiger partial charge in [0.25, 0.3) is 0 Å². The fraction of sp³-hybridized carbons (Fsp3) is 0.133. The molecule has 0 aliphatic heterocycles. The highest BCUT2D eigenvalue weighted by molar-refractivity contribution is 9.10. The lowest BCUT2D eigenvalue weighted by atomic mass is 10.1. The molecule has 0 aliphatic carbocycles. The number of halogens is 3. The molecule has 0 radical (unpaired) electrons. The smallest absolute Gasteiger partial charge is 0.136 e. The third kappa shape index (κ3) is 3.62. The molecule has 6 heteroatoms. The topological polar surface area (TPSA) is 45.0 Å². The second kappa shape index (κ2) is 7.04. The first-order valence-electron chi connectivity index (χ1n) is 6.01. The maximum atomic E-state index is 8.96. The number of nitrogens with one attached hydrogen (secondary N) is 1. The van der Waals surface area contributed by atoms with E-state index in [2.05, 4.69) is 27.3 Å². The van der Waals surface area contributed by atoms with Crippen LogP contribution in [-0.4, -0.2) is 7.11 Å². The molecule has 0 bridgehead atoms. The normalized spacial score (nSPS) is 10.0. The van der Waals surface area contributed by atoms with Gasteiger partial charge in [-0.25, -0.2) is 0 Å². The van der Waals surface area contributed by atoms with Gasteiger partial charge in [-0.2, -0.15) is 5.26 Å². The Morgan fingerprint density at radius 2 is 2.00 bits per heavy atom. The Morgan fingerprint density at radius 1 is 1.24 bits per heavy atom. The number of nitrogens with zero attached hydrogens (tertiary/aromatic N) is 1. The predicted octanol–water partition coefficient (Wildman–Crippen LogP) is 5.25. The summed E-state index contributed by atoms with van der Waals surface area (Å²) < 4.78 is 5.93. The van der Waals surface area contributed by atoms with Gasteiger partial charge in [0.1, 0.15) is 11.8 Å². The molecule has 1 N–H and O–H groups in total. The van der Waals surface area contributed by atoms with E-state index in [0.29, 0.717) is 27.9 Å². The number of benzene rings is 2. The molecule has 0 saturated heterocycles. The van der Waals surface area contributed by atoms with Crippen LogP contribution in [-0.2, 0) is 6.54 Å². The predicted molar refractivity (Wildman–Crippen MR) is 89.2 cm³/mol. The average Bonchev–Trinajstić information content (AvgIpc) is 2.51. The van der Waals surface area contributed by atoms with Gasteiger partial charge in [-0.15, -0.1) is 0 Å². The van der Waals surface area contributed by atoms with Crippen LogP contribution in [0.15, 0.2) is 34.8 Å². The van der Waals surface area contributed by atoms with Gasteiger partial charge in [0.05, 0.1) is 28.4 Å². The van der Waals surface area contributed by atoms with Crippen molar-refractivity contribution in [3.05, 3.63) is 56.0 Å². The zero-order valence-corrected chi connectivity index (χ0v) is 14.2. The van der Waals surface area contributed by atoms with E-state index in [-0.39, 0.29) is 0 Å². The van der Waals surface area contributed by atoms with Crippen molar-refractivity contribution in [2.45, 2.75) is 6.54 Å². The monoisotopic (exact) mass is 384 g/mol. The van der Waals surface area contributed by atoms with Gasteiger partial charge in [0.15, 0.2) is 0 Å². The highest BCUT2D eigenvalue weighted by atomic mass is 79.9. The van der Waals surface area contributed by atoms with Crippen LogP contribution in [0.2, 0.25) is 10.0 Å². The Balaban J connectivity index is 2.17. The zero-order valence-electron chi connectivity index (χ0n) is 11.1. The molecule has 2 aromatic carbocycles. The lowest BCUT2D eigenvalue weighted by Gasteiger charge is -2.11. The van der Waals surface area contributed by atoms with Crippen molar-refractivity contribution < 1.29 is 4.74 Å². The Labute approximate surface area is 141 Å². The summed E-state index contributed by atoms with van der Waals surface area (Å²) in [4.78, 5) is 0. The van der Waals surface area contributed by atoms with Crippen molar-refractivity contribution in [3.8, 4) is 11.8 Å². The van der Waals surface area contributed by atoms with E-state index in [1.807, 2.05) is 24.3 Å². The first-order chi connectivity index (χ1) is 10.1. The number of rotatable bonds is 4. The zero-order chi connectivity index (χ0) is 15.4. The van der Waals surface area contributed by atoms with E-state index < -0.39 is 0 Å². The van der Waals surface area contributed by atoms with Crippen molar-refractivity contribution in [1.82, 2.24) is 0 Å². The van der Waals surface area contributed by atoms with E-state index in [9.17, 15) is 0 Å². The molecule has 2 aromatic rings. The minimum absolute atomic E-state index is 0.464. The fourth-order valence-corrected chi connectivity index (χ4v) is 2.64. The van der Waals surface area contributed by atoms with Gasteiger partial charge in [0.2, 0.25) is 0 Å². The summed E-state index contributed by atoms with van der Waals surface area (Å²) in [7, 11) is 1.54. The molecule has 0 heterocycles. The van der Waals surface area contributed by atoms with Crippen molar-refractivity contribution in [2.24, 2.45) is 0 Å². The Bertz CT molecular complexity index is 714. The third-order valence-electron chi connectivity index (χ3n) is 2.90. The maximum Gasteiger partial charge on any atom is 0.136 e. The minimum Gasteiger partial charge on any atom is -0.495 e. The summed E-state index contributed by atoms with van der Waals surface area (Å²) in [6.07, 6.45) is 0. The molecule has 0 amide bonds. The molecule has 21 heavy (non-hydrogen) atoms. The van der Waals surface area contributed by atoms with Crippen molar-refractivity contribution in [3.63, 3.8) is 0 Å². The minimum atomic E-state index is 0.464. The number of anilines is 1. The van der Waals surface area contributed by atoms with E-state index in [1.54, 1.807) is 13.2 Å². The molecule has 0 saturated carbocycles. The molecular formula is C15H11BrCl2N2O. The summed E-state index contributed by atoms with van der Waals surface area (Å²) in [6.45, 7) is 0.541. The second-order valence-electron chi connectivity index (χ2n) is 4.22. The van der Waals surface area contributed by atoms with E-state index in [4.69, 9.17) is 33.2 Å². The van der Waals surface area contributed by atoms with Crippen LogP contribution in [0.5, 0.6) is 5.75 Å². The van der Waals surface area contributed by atoms with Crippen molar-refractivity contribution in [2.75, 3.05) is 12.4 Å². The van der Waals surface area contributed by atoms with Gasteiger partial charge >= 0.3 is 0 Å². The number of nitriles is 1. The van der Waals surface area contributed by atoms with Crippen LogP contribution < -0.4 is 10.1 Å². The number of hydrogen-bond donors (Lipinski definition) is 1. The van der Waals surface area contributed by atoms with Gasteiger partial charge in [-0.3, -0.25) is 0 Å². The quantitative estimate of drug-likeness (QED) is 0.731. The molecule has 2 rings (SSSR count). The van der Waals surface area contributed by atoms with E-state index in [0.717, 1.165) is 15.7 Å². The fourth-order valence-electron chi connectivity index (χ4n) is 1.80. The van der Waals surface area contributed by atoms with Crippen LogP contribution >= 0.6 is 39.1 Å². The molecule has 0 atom stereocenters. The lowest BCUT2D eigenvalue weighted by molar-refractivity contribution is 0.413. The van der Waals surface area contributed by atoms with Crippen LogP contribution in [0.1, 0.15) is 11.1 Å². The lowest BCUT2D eigenvalue weighted by Crippen LogP contribution is -2.01.